The van der Waals surface area contributed by atoms with E-state index in [9.17, 15) is 0 Å². The van der Waals surface area contributed by atoms with E-state index in [1.54, 1.807) is 0 Å². The van der Waals surface area contributed by atoms with E-state index < -0.39 is 0 Å². The number of hydrogen-bond acceptors (Lipinski definition) is 2. The van der Waals surface area contributed by atoms with E-state index in [-0.39, 0.29) is 0 Å². The first-order valence-electron chi connectivity index (χ1n) is 5.71. The minimum absolute atomic E-state index is 0.548. The van der Waals surface area contributed by atoms with Gasteiger partial charge in [0.2, 0.25) is 0 Å². The van der Waals surface area contributed by atoms with Crippen molar-refractivity contribution < 1.29 is 4.74 Å². The lowest BCUT2D eigenvalue weighted by Gasteiger charge is -2.47. The van der Waals surface area contributed by atoms with Crippen molar-refractivity contribution >= 4 is 11.6 Å². The molecule has 0 unspecified atom stereocenters. The third-order valence-electron chi connectivity index (χ3n) is 2.91. The lowest BCUT2D eigenvalue weighted by Crippen LogP contribution is -2.56. The highest BCUT2D eigenvalue weighted by Gasteiger charge is 2.45. The molecular formula is C11H22ClNO. The first kappa shape index (κ1) is 12.3. The van der Waals surface area contributed by atoms with Crippen molar-refractivity contribution in [2.75, 3.05) is 38.7 Å². The predicted octanol–water partition coefficient (Wildman–Crippen LogP) is 2.36. The zero-order valence-corrected chi connectivity index (χ0v) is 10.1. The second-order valence-corrected chi connectivity index (χ2v) is 4.43. The maximum Gasteiger partial charge on any atom is 0.0547 e. The standard InChI is InChI=1S/C9H16ClNO.C2H6/c10-3-1-4-11-6-9(7-11)2-5-12-8-9;1-2/h1-8H2;1-2H3. The molecule has 0 aromatic heterocycles. The Hall–Kier alpha value is 0.210. The van der Waals surface area contributed by atoms with Crippen LogP contribution in [-0.4, -0.2) is 43.6 Å². The summed E-state index contributed by atoms with van der Waals surface area (Å²) in [5.41, 5.74) is 0.548. The fraction of sp³-hybridized carbons (Fsp3) is 1.00. The van der Waals surface area contributed by atoms with Gasteiger partial charge in [-0.2, -0.15) is 0 Å². The van der Waals surface area contributed by atoms with Gasteiger partial charge >= 0.3 is 0 Å². The molecule has 3 heteroatoms. The van der Waals surface area contributed by atoms with Crippen molar-refractivity contribution in [2.24, 2.45) is 5.41 Å². The lowest BCUT2D eigenvalue weighted by molar-refractivity contribution is -0.00618. The van der Waals surface area contributed by atoms with Gasteiger partial charge in [0.25, 0.3) is 0 Å². The Labute approximate surface area is 92.6 Å². The first-order chi connectivity index (χ1) is 6.85. The van der Waals surface area contributed by atoms with Gasteiger partial charge in [-0.3, -0.25) is 0 Å². The summed E-state index contributed by atoms with van der Waals surface area (Å²) >= 11 is 5.63. The fourth-order valence-electron chi connectivity index (χ4n) is 2.24. The Kier molecular flexibility index (Phi) is 5.21. The summed E-state index contributed by atoms with van der Waals surface area (Å²) in [5, 5.41) is 0. The third kappa shape index (κ3) is 2.85. The number of alkyl halides is 1. The summed E-state index contributed by atoms with van der Waals surface area (Å²) in [4.78, 5) is 2.48. The molecule has 0 aromatic carbocycles. The average Bonchev–Trinajstić information content (AvgIpc) is 2.65. The quantitative estimate of drug-likeness (QED) is 0.676. The van der Waals surface area contributed by atoms with Crippen LogP contribution in [0.15, 0.2) is 0 Å². The molecule has 0 amide bonds. The molecule has 0 bridgehead atoms. The molecule has 0 radical (unpaired) electrons. The van der Waals surface area contributed by atoms with Gasteiger partial charge < -0.3 is 9.64 Å². The third-order valence-corrected chi connectivity index (χ3v) is 3.18. The molecule has 2 aliphatic heterocycles. The van der Waals surface area contributed by atoms with Gasteiger partial charge in [0.1, 0.15) is 0 Å². The second kappa shape index (κ2) is 5.94. The van der Waals surface area contributed by atoms with Crippen LogP contribution in [0.5, 0.6) is 0 Å². The second-order valence-electron chi connectivity index (χ2n) is 4.06. The van der Waals surface area contributed by atoms with E-state index in [4.69, 9.17) is 16.3 Å². The molecule has 0 atom stereocenters. The molecule has 0 N–H and O–H groups in total. The van der Waals surface area contributed by atoms with E-state index >= 15 is 0 Å². The van der Waals surface area contributed by atoms with Crippen LogP contribution in [0.4, 0.5) is 0 Å². The SMILES string of the molecule is CC.ClCCCN1CC2(CCOC2)C1. The Bertz CT molecular complexity index is 149. The number of halogens is 1. The summed E-state index contributed by atoms with van der Waals surface area (Å²) in [5.74, 6) is 0.792. The molecule has 0 aromatic rings. The highest BCUT2D eigenvalue weighted by atomic mass is 35.5. The van der Waals surface area contributed by atoms with Crippen LogP contribution < -0.4 is 0 Å². The van der Waals surface area contributed by atoms with E-state index in [0.29, 0.717) is 5.41 Å². The van der Waals surface area contributed by atoms with E-state index in [0.717, 1.165) is 25.5 Å². The fourth-order valence-corrected chi connectivity index (χ4v) is 2.36. The van der Waals surface area contributed by atoms with Crippen molar-refractivity contribution in [3.05, 3.63) is 0 Å². The molecule has 14 heavy (non-hydrogen) atoms. The number of hydrogen-bond donors (Lipinski definition) is 0. The number of ether oxygens (including phenoxy) is 1. The van der Waals surface area contributed by atoms with Crippen LogP contribution in [-0.2, 0) is 4.74 Å². The molecule has 0 saturated carbocycles. The van der Waals surface area contributed by atoms with Gasteiger partial charge in [-0.15, -0.1) is 11.6 Å². The minimum atomic E-state index is 0.548. The smallest absolute Gasteiger partial charge is 0.0547 e. The lowest BCUT2D eigenvalue weighted by atomic mass is 9.79. The molecule has 2 rings (SSSR count). The first-order valence-corrected chi connectivity index (χ1v) is 6.24. The molecule has 2 nitrogen and oxygen atoms in total. The van der Waals surface area contributed by atoms with Crippen LogP contribution in [0.1, 0.15) is 26.7 Å². The zero-order valence-electron chi connectivity index (χ0n) is 9.39. The number of likely N-dealkylation sites (tertiary alicyclic amines) is 1. The van der Waals surface area contributed by atoms with Gasteiger partial charge in [0.15, 0.2) is 0 Å². The maximum absolute atomic E-state index is 5.63. The topological polar surface area (TPSA) is 12.5 Å². The van der Waals surface area contributed by atoms with E-state index in [1.165, 1.54) is 26.1 Å². The van der Waals surface area contributed by atoms with Crippen LogP contribution in [0, 0.1) is 5.41 Å². The van der Waals surface area contributed by atoms with Crippen molar-refractivity contribution in [3.8, 4) is 0 Å². The van der Waals surface area contributed by atoms with E-state index in [2.05, 4.69) is 4.90 Å². The summed E-state index contributed by atoms with van der Waals surface area (Å²) in [7, 11) is 0. The Morgan fingerprint density at radius 2 is 2.07 bits per heavy atom. The van der Waals surface area contributed by atoms with Gasteiger partial charge in [-0.1, -0.05) is 13.8 Å². The molecule has 2 fully saturated rings. The summed E-state index contributed by atoms with van der Waals surface area (Å²) in [6.45, 7) is 9.62. The molecule has 84 valence electrons. The predicted molar refractivity (Wildman–Crippen MR) is 61.0 cm³/mol. The Morgan fingerprint density at radius 3 is 2.57 bits per heavy atom. The Morgan fingerprint density at radius 1 is 1.36 bits per heavy atom. The van der Waals surface area contributed by atoms with Crippen molar-refractivity contribution in [3.63, 3.8) is 0 Å². The minimum Gasteiger partial charge on any atom is -0.381 e. The normalized spacial score (nSPS) is 24.2. The van der Waals surface area contributed by atoms with E-state index in [1.807, 2.05) is 13.8 Å². The van der Waals surface area contributed by atoms with Gasteiger partial charge in [-0.25, -0.2) is 0 Å². The molecule has 2 heterocycles. The van der Waals surface area contributed by atoms with Crippen molar-refractivity contribution in [1.82, 2.24) is 4.90 Å². The van der Waals surface area contributed by atoms with Crippen LogP contribution in [0.3, 0.4) is 0 Å². The van der Waals surface area contributed by atoms with Crippen LogP contribution in [0.2, 0.25) is 0 Å². The van der Waals surface area contributed by atoms with Gasteiger partial charge in [-0.05, 0) is 19.4 Å². The van der Waals surface area contributed by atoms with Crippen LogP contribution in [0.25, 0.3) is 0 Å². The molecule has 2 aliphatic rings. The zero-order chi connectivity index (χ0) is 10.4. The number of nitrogens with zero attached hydrogens (tertiary/aromatic N) is 1. The van der Waals surface area contributed by atoms with Gasteiger partial charge in [0, 0.05) is 31.0 Å². The van der Waals surface area contributed by atoms with Crippen molar-refractivity contribution in [1.29, 1.82) is 0 Å². The Balaban J connectivity index is 0.000000461. The summed E-state index contributed by atoms with van der Waals surface area (Å²) in [6.07, 6.45) is 2.39. The van der Waals surface area contributed by atoms with Crippen molar-refractivity contribution in [2.45, 2.75) is 26.7 Å². The number of rotatable bonds is 3. The molecule has 1 spiro atoms. The highest BCUT2D eigenvalue weighted by molar-refractivity contribution is 6.17. The largest absolute Gasteiger partial charge is 0.381 e. The molecule has 0 aliphatic carbocycles. The maximum atomic E-state index is 5.63. The van der Waals surface area contributed by atoms with Gasteiger partial charge in [0.05, 0.1) is 6.61 Å². The summed E-state index contributed by atoms with van der Waals surface area (Å²) in [6, 6.07) is 0. The van der Waals surface area contributed by atoms with Crippen LogP contribution >= 0.6 is 11.6 Å². The highest BCUT2D eigenvalue weighted by Crippen LogP contribution is 2.37. The monoisotopic (exact) mass is 219 g/mol. The summed E-state index contributed by atoms with van der Waals surface area (Å²) < 4.78 is 5.40. The average molecular weight is 220 g/mol. The molecular weight excluding hydrogens is 198 g/mol. The molecule has 2 saturated heterocycles.